The van der Waals surface area contributed by atoms with Gasteiger partial charge in [0.05, 0.1) is 12.3 Å². The molecule has 1 aliphatic carbocycles. The van der Waals surface area contributed by atoms with Gasteiger partial charge in [0.1, 0.15) is 18.0 Å². The van der Waals surface area contributed by atoms with Crippen LogP contribution in [0.5, 0.6) is 0 Å². The number of carbonyl (C=O) groups excluding carboxylic acids is 2. The Morgan fingerprint density at radius 3 is 2.11 bits per heavy atom. The maximum Gasteiger partial charge on any atom is 0.411 e. The fourth-order valence-electron chi connectivity index (χ4n) is 4.02. The van der Waals surface area contributed by atoms with Gasteiger partial charge in [-0.25, -0.2) is 18.4 Å². The van der Waals surface area contributed by atoms with Crippen LogP contribution in [-0.4, -0.2) is 47.4 Å². The molecular weight excluding hydrogens is 462 g/mol. The number of ether oxygens (including phenoxy) is 1. The van der Waals surface area contributed by atoms with Crippen molar-refractivity contribution >= 4 is 23.7 Å². The molecule has 10 heteroatoms. The van der Waals surface area contributed by atoms with Gasteiger partial charge in [0.2, 0.25) is 0 Å². The summed E-state index contributed by atoms with van der Waals surface area (Å²) in [5, 5.41) is 21.9. The van der Waals surface area contributed by atoms with Gasteiger partial charge >= 0.3 is 12.1 Å². The molecule has 0 unspecified atom stereocenters. The molecule has 0 aliphatic heterocycles. The van der Waals surface area contributed by atoms with Crippen LogP contribution in [0.1, 0.15) is 27.4 Å². The standard InChI is InChI=1S/C25H20F2N2O6/c26-18-9-10-19(22(27)21(18)23(31)28-20(11-30)24(32)33)29-25(34)35-12-17-15-7-3-1-5-13(15)14-6-2-4-8-16(14)17/h1-10,17,20,30H,11-12H2,(H,28,31)(H,29,34)(H,32,33)/t20-/m0/s1. The fourth-order valence-corrected chi connectivity index (χ4v) is 4.02. The molecule has 3 aromatic rings. The lowest BCUT2D eigenvalue weighted by Gasteiger charge is -2.16. The van der Waals surface area contributed by atoms with Crippen molar-refractivity contribution in [1.82, 2.24) is 5.32 Å². The van der Waals surface area contributed by atoms with Gasteiger partial charge in [0, 0.05) is 5.92 Å². The first kappa shape index (κ1) is 23.8. The Morgan fingerprint density at radius 1 is 0.943 bits per heavy atom. The lowest BCUT2D eigenvalue weighted by Crippen LogP contribution is -2.43. The first-order valence-electron chi connectivity index (χ1n) is 10.6. The third-order valence-corrected chi connectivity index (χ3v) is 5.68. The molecule has 4 rings (SSSR count). The molecule has 35 heavy (non-hydrogen) atoms. The first-order chi connectivity index (χ1) is 16.8. The van der Waals surface area contributed by atoms with Crippen molar-refractivity contribution in [2.24, 2.45) is 0 Å². The summed E-state index contributed by atoms with van der Waals surface area (Å²) in [7, 11) is 0. The highest BCUT2D eigenvalue weighted by molar-refractivity contribution is 5.99. The number of hydrogen-bond acceptors (Lipinski definition) is 5. The quantitative estimate of drug-likeness (QED) is 0.409. The zero-order valence-corrected chi connectivity index (χ0v) is 18.1. The molecule has 180 valence electrons. The summed E-state index contributed by atoms with van der Waals surface area (Å²) in [5.41, 5.74) is 2.36. The summed E-state index contributed by atoms with van der Waals surface area (Å²) in [4.78, 5) is 35.6. The fraction of sp³-hybridized carbons (Fsp3) is 0.160. The molecule has 1 atom stereocenters. The first-order valence-corrected chi connectivity index (χ1v) is 10.6. The van der Waals surface area contributed by atoms with Gasteiger partial charge in [-0.15, -0.1) is 0 Å². The Bertz CT molecular complexity index is 1270. The molecule has 0 bridgehead atoms. The zero-order chi connectivity index (χ0) is 25.1. The number of hydrogen-bond donors (Lipinski definition) is 4. The topological polar surface area (TPSA) is 125 Å². The second-order valence-electron chi connectivity index (χ2n) is 7.78. The van der Waals surface area contributed by atoms with E-state index in [4.69, 9.17) is 14.9 Å². The SMILES string of the molecule is O=C(Nc1ccc(F)c(C(=O)N[C@@H](CO)C(=O)O)c1F)OCC1c2ccccc2-c2ccccc21. The number of benzene rings is 3. The van der Waals surface area contributed by atoms with E-state index in [0.29, 0.717) is 0 Å². The molecule has 0 saturated heterocycles. The summed E-state index contributed by atoms with van der Waals surface area (Å²) < 4.78 is 34.3. The maximum atomic E-state index is 14.9. The van der Waals surface area contributed by atoms with Crippen molar-refractivity contribution in [1.29, 1.82) is 0 Å². The number of carbonyl (C=O) groups is 3. The maximum absolute atomic E-state index is 14.9. The molecule has 0 heterocycles. The molecule has 0 fully saturated rings. The van der Waals surface area contributed by atoms with E-state index in [0.717, 1.165) is 34.4 Å². The van der Waals surface area contributed by atoms with Crippen LogP contribution in [0, 0.1) is 11.6 Å². The molecule has 0 spiro atoms. The van der Waals surface area contributed by atoms with Crippen molar-refractivity contribution in [3.8, 4) is 11.1 Å². The average molecular weight is 482 g/mol. The molecular formula is C25H20F2N2O6. The third kappa shape index (κ3) is 4.69. The van der Waals surface area contributed by atoms with Gasteiger partial charge in [0.25, 0.3) is 5.91 Å². The lowest BCUT2D eigenvalue weighted by atomic mass is 9.98. The predicted octanol–water partition coefficient (Wildman–Crippen LogP) is 3.50. The number of halogens is 2. The largest absolute Gasteiger partial charge is 0.480 e. The summed E-state index contributed by atoms with van der Waals surface area (Å²) in [6.07, 6.45) is -1.03. The summed E-state index contributed by atoms with van der Waals surface area (Å²) in [5.74, 6) is -5.93. The minimum absolute atomic E-state index is 0.0488. The second kappa shape index (κ2) is 9.90. The van der Waals surface area contributed by atoms with Crippen LogP contribution in [0.4, 0.5) is 19.3 Å². The molecule has 0 radical (unpaired) electrons. The van der Waals surface area contributed by atoms with Gasteiger partial charge in [-0.1, -0.05) is 48.5 Å². The summed E-state index contributed by atoms with van der Waals surface area (Å²) in [6.45, 7) is -1.03. The van der Waals surface area contributed by atoms with Crippen molar-refractivity contribution in [3.05, 3.63) is 89.0 Å². The van der Waals surface area contributed by atoms with E-state index in [9.17, 15) is 23.2 Å². The van der Waals surface area contributed by atoms with E-state index < -0.39 is 53.5 Å². The Labute approximate surface area is 198 Å². The monoisotopic (exact) mass is 482 g/mol. The van der Waals surface area contributed by atoms with Gasteiger partial charge in [-0.05, 0) is 34.4 Å². The van der Waals surface area contributed by atoms with Crippen LogP contribution in [0.3, 0.4) is 0 Å². The molecule has 1 aliphatic rings. The van der Waals surface area contributed by atoms with Crippen LogP contribution in [0.2, 0.25) is 0 Å². The Hall–Kier alpha value is -4.31. The number of aliphatic hydroxyl groups is 1. The molecule has 3 aromatic carbocycles. The van der Waals surface area contributed by atoms with Gasteiger partial charge in [0.15, 0.2) is 11.9 Å². The van der Waals surface area contributed by atoms with Crippen LogP contribution in [-0.2, 0) is 9.53 Å². The van der Waals surface area contributed by atoms with Crippen molar-refractivity contribution in [2.75, 3.05) is 18.5 Å². The number of rotatable bonds is 7. The van der Waals surface area contributed by atoms with Gasteiger partial charge < -0.3 is 20.3 Å². The van der Waals surface area contributed by atoms with Gasteiger partial charge in [-0.2, -0.15) is 0 Å². The predicted molar refractivity (Wildman–Crippen MR) is 121 cm³/mol. The van der Waals surface area contributed by atoms with Gasteiger partial charge in [-0.3, -0.25) is 10.1 Å². The van der Waals surface area contributed by atoms with E-state index in [1.165, 1.54) is 0 Å². The number of amides is 2. The molecule has 2 amide bonds. The average Bonchev–Trinajstić information content (AvgIpc) is 3.16. The Balaban J connectivity index is 1.48. The van der Waals surface area contributed by atoms with Crippen LogP contribution < -0.4 is 10.6 Å². The summed E-state index contributed by atoms with van der Waals surface area (Å²) in [6, 6.07) is 15.3. The highest BCUT2D eigenvalue weighted by Gasteiger charge is 2.30. The Kier molecular flexibility index (Phi) is 6.74. The molecule has 0 saturated carbocycles. The summed E-state index contributed by atoms with van der Waals surface area (Å²) >= 11 is 0. The van der Waals surface area contributed by atoms with Crippen molar-refractivity contribution in [2.45, 2.75) is 12.0 Å². The zero-order valence-electron chi connectivity index (χ0n) is 18.1. The number of carboxylic acids is 1. The Morgan fingerprint density at radius 2 is 1.54 bits per heavy atom. The van der Waals surface area contributed by atoms with Crippen molar-refractivity contribution in [3.63, 3.8) is 0 Å². The number of carboxylic acid groups (broad SMARTS) is 1. The van der Waals surface area contributed by atoms with Crippen LogP contribution >= 0.6 is 0 Å². The minimum atomic E-state index is -1.76. The van der Waals surface area contributed by atoms with Crippen LogP contribution in [0.15, 0.2) is 60.7 Å². The number of aliphatic hydroxyl groups excluding tert-OH is 1. The smallest absolute Gasteiger partial charge is 0.411 e. The number of aliphatic carboxylic acids is 1. The number of nitrogens with one attached hydrogen (secondary N) is 2. The van der Waals surface area contributed by atoms with E-state index >= 15 is 0 Å². The van der Waals surface area contributed by atoms with E-state index in [-0.39, 0.29) is 12.5 Å². The number of anilines is 1. The van der Waals surface area contributed by atoms with E-state index in [1.54, 1.807) is 0 Å². The lowest BCUT2D eigenvalue weighted by molar-refractivity contribution is -0.140. The highest BCUT2D eigenvalue weighted by atomic mass is 19.1. The molecule has 4 N–H and O–H groups in total. The molecule has 0 aromatic heterocycles. The van der Waals surface area contributed by atoms with E-state index in [2.05, 4.69) is 5.32 Å². The van der Waals surface area contributed by atoms with Crippen molar-refractivity contribution < 1.29 is 38.1 Å². The minimum Gasteiger partial charge on any atom is -0.480 e. The third-order valence-electron chi connectivity index (χ3n) is 5.68. The highest BCUT2D eigenvalue weighted by Crippen LogP contribution is 2.44. The normalized spacial score (nSPS) is 12.9. The number of fused-ring (bicyclic) bond motifs is 3. The van der Waals surface area contributed by atoms with Crippen LogP contribution in [0.25, 0.3) is 11.1 Å². The second-order valence-corrected chi connectivity index (χ2v) is 7.78. The van der Waals surface area contributed by atoms with E-state index in [1.807, 2.05) is 53.8 Å². The molecule has 8 nitrogen and oxygen atoms in total.